The molecule has 2 aromatic rings. The number of nitrogens with two attached hydrogens (primary N) is 1. The molecule has 32 heavy (non-hydrogen) atoms. The maximum Gasteiger partial charge on any atom is 0.253 e. The minimum Gasteiger partial charge on any atom is -0.353 e. The third-order valence-corrected chi connectivity index (χ3v) is 4.43. The summed E-state index contributed by atoms with van der Waals surface area (Å²) < 4.78 is 26.8. The van der Waals surface area contributed by atoms with Gasteiger partial charge in [-0.3, -0.25) is 14.4 Å². The highest BCUT2D eigenvalue weighted by Gasteiger charge is 2.29. The van der Waals surface area contributed by atoms with Crippen LogP contribution in [0.4, 0.5) is 8.78 Å². The van der Waals surface area contributed by atoms with Crippen molar-refractivity contribution < 1.29 is 23.2 Å². The van der Waals surface area contributed by atoms with Gasteiger partial charge in [0.05, 0.1) is 0 Å². The number of carbonyl (C=O) groups is 3. The zero-order chi connectivity index (χ0) is 23.7. The maximum absolute atomic E-state index is 13.4. The van der Waals surface area contributed by atoms with Crippen LogP contribution in [0, 0.1) is 16.5 Å². The van der Waals surface area contributed by atoms with Gasteiger partial charge in [0.2, 0.25) is 11.8 Å². The first kappa shape index (κ1) is 24.5. The third kappa shape index (κ3) is 6.64. The topological polar surface area (TPSA) is 143 Å². The van der Waals surface area contributed by atoms with Crippen LogP contribution in [-0.4, -0.2) is 36.9 Å². The molecular weight excluding hydrogens is 424 g/mol. The van der Waals surface area contributed by atoms with Crippen molar-refractivity contribution >= 4 is 17.7 Å². The standard InChI is InChI=1S/C21H23F2N5O4/c1-12(26-21(31)18(28-32)14-9-15(22)11-16(23)10-14)19(29)27-17(20(30)25-8-7-24)13-5-3-2-4-6-13/h2-6,9-12,17-18H,7-8,24H2,1H3,(H,25,30)(H,26,31)(H,27,29)/t12-,17?,18?/m0/s1. The largest absolute Gasteiger partial charge is 0.353 e. The van der Waals surface area contributed by atoms with Crippen LogP contribution in [0.1, 0.15) is 30.1 Å². The van der Waals surface area contributed by atoms with E-state index in [1.165, 1.54) is 6.92 Å². The molecule has 3 atom stereocenters. The van der Waals surface area contributed by atoms with Crippen LogP contribution in [-0.2, 0) is 14.4 Å². The molecule has 0 aliphatic heterocycles. The lowest BCUT2D eigenvalue weighted by Crippen LogP contribution is -2.50. The van der Waals surface area contributed by atoms with Crippen LogP contribution in [0.25, 0.3) is 0 Å². The molecule has 0 radical (unpaired) electrons. The van der Waals surface area contributed by atoms with Crippen molar-refractivity contribution in [1.29, 1.82) is 0 Å². The number of amides is 3. The van der Waals surface area contributed by atoms with Crippen molar-refractivity contribution in [2.45, 2.75) is 25.0 Å². The van der Waals surface area contributed by atoms with Gasteiger partial charge >= 0.3 is 0 Å². The highest BCUT2D eigenvalue weighted by Crippen LogP contribution is 2.20. The molecule has 9 nitrogen and oxygen atoms in total. The summed E-state index contributed by atoms with van der Waals surface area (Å²) in [4.78, 5) is 48.7. The number of carbonyl (C=O) groups excluding carboxylic acids is 3. The van der Waals surface area contributed by atoms with Crippen molar-refractivity contribution in [2.75, 3.05) is 13.1 Å². The Morgan fingerprint density at radius 2 is 1.56 bits per heavy atom. The minimum absolute atomic E-state index is 0.196. The Kier molecular flexibility index (Phi) is 8.90. The first-order valence-electron chi connectivity index (χ1n) is 9.68. The average molecular weight is 447 g/mol. The smallest absolute Gasteiger partial charge is 0.253 e. The van der Waals surface area contributed by atoms with Gasteiger partial charge in [-0.25, -0.2) is 8.78 Å². The van der Waals surface area contributed by atoms with E-state index in [4.69, 9.17) is 5.73 Å². The second-order valence-corrected chi connectivity index (χ2v) is 6.87. The SMILES string of the molecule is C[C@H](NC(=O)C(N=O)c1cc(F)cc(F)c1)C(=O)NC(C(=O)NCCN)c1ccccc1. The summed E-state index contributed by atoms with van der Waals surface area (Å²) in [6.45, 7) is 1.72. The first-order chi connectivity index (χ1) is 15.3. The van der Waals surface area contributed by atoms with E-state index in [0.29, 0.717) is 11.6 Å². The Morgan fingerprint density at radius 1 is 0.938 bits per heavy atom. The summed E-state index contributed by atoms with van der Waals surface area (Å²) in [7, 11) is 0. The van der Waals surface area contributed by atoms with E-state index >= 15 is 0 Å². The molecule has 11 heteroatoms. The molecule has 0 aliphatic rings. The van der Waals surface area contributed by atoms with E-state index in [0.717, 1.165) is 12.1 Å². The summed E-state index contributed by atoms with van der Waals surface area (Å²) in [5.41, 5.74) is 5.59. The molecular formula is C21H23F2N5O4. The molecule has 0 aromatic heterocycles. The second-order valence-electron chi connectivity index (χ2n) is 6.87. The molecule has 0 bridgehead atoms. The van der Waals surface area contributed by atoms with Crippen molar-refractivity contribution in [1.82, 2.24) is 16.0 Å². The molecule has 170 valence electrons. The Morgan fingerprint density at radius 3 is 2.12 bits per heavy atom. The number of hydrogen-bond acceptors (Lipinski definition) is 6. The monoisotopic (exact) mass is 447 g/mol. The Labute approximate surface area is 182 Å². The average Bonchev–Trinajstić information content (AvgIpc) is 2.76. The molecule has 0 fully saturated rings. The number of benzene rings is 2. The molecule has 5 N–H and O–H groups in total. The summed E-state index contributed by atoms with van der Waals surface area (Å²) in [5.74, 6) is -4.24. The number of hydrogen-bond donors (Lipinski definition) is 4. The van der Waals surface area contributed by atoms with Crippen LogP contribution in [0.2, 0.25) is 0 Å². The van der Waals surface area contributed by atoms with E-state index in [1.807, 2.05) is 0 Å². The Hall–Kier alpha value is -3.73. The van der Waals surface area contributed by atoms with Crippen molar-refractivity contribution in [2.24, 2.45) is 10.9 Å². The predicted octanol–water partition coefficient (Wildman–Crippen LogP) is 1.21. The number of nitrogens with one attached hydrogen (secondary N) is 3. The van der Waals surface area contributed by atoms with Crippen LogP contribution < -0.4 is 21.7 Å². The molecule has 0 heterocycles. The van der Waals surface area contributed by atoms with Gasteiger partial charge in [-0.2, -0.15) is 0 Å². The van der Waals surface area contributed by atoms with Gasteiger partial charge in [0.15, 0.2) is 6.04 Å². The lowest BCUT2D eigenvalue weighted by molar-refractivity contribution is -0.132. The summed E-state index contributed by atoms with van der Waals surface area (Å²) in [6, 6.07) is 6.55. The highest BCUT2D eigenvalue weighted by molar-refractivity contribution is 5.93. The van der Waals surface area contributed by atoms with Crippen molar-refractivity contribution in [3.05, 3.63) is 76.2 Å². The number of nitrogens with zero attached hydrogens (tertiary/aromatic N) is 1. The van der Waals surface area contributed by atoms with Gasteiger partial charge in [-0.15, -0.1) is 4.91 Å². The molecule has 2 rings (SSSR count). The molecule has 0 aliphatic carbocycles. The van der Waals surface area contributed by atoms with Crippen molar-refractivity contribution in [3.63, 3.8) is 0 Å². The number of rotatable bonds is 10. The molecule has 0 spiro atoms. The molecule has 3 amide bonds. The fraction of sp³-hybridized carbons (Fsp3) is 0.286. The lowest BCUT2D eigenvalue weighted by atomic mass is 10.0. The Bertz CT molecular complexity index is 954. The fourth-order valence-electron chi connectivity index (χ4n) is 2.86. The van der Waals surface area contributed by atoms with E-state index in [9.17, 15) is 28.1 Å². The fourth-order valence-corrected chi connectivity index (χ4v) is 2.86. The zero-order valence-electron chi connectivity index (χ0n) is 17.2. The first-order valence-corrected chi connectivity index (χ1v) is 9.68. The maximum atomic E-state index is 13.4. The van der Waals surface area contributed by atoms with Crippen LogP contribution >= 0.6 is 0 Å². The summed E-state index contributed by atoms with van der Waals surface area (Å²) in [5, 5.41) is 9.99. The number of halogens is 2. The van der Waals surface area contributed by atoms with Crippen molar-refractivity contribution in [3.8, 4) is 0 Å². The van der Waals surface area contributed by atoms with Gasteiger partial charge in [-0.05, 0) is 30.2 Å². The van der Waals surface area contributed by atoms with E-state index in [1.54, 1.807) is 30.3 Å². The van der Waals surface area contributed by atoms with Gasteiger partial charge in [0, 0.05) is 19.2 Å². The minimum atomic E-state index is -1.77. The number of nitroso groups, excluding NO2 is 1. The predicted molar refractivity (Wildman–Crippen MR) is 112 cm³/mol. The summed E-state index contributed by atoms with van der Waals surface area (Å²) >= 11 is 0. The van der Waals surface area contributed by atoms with Gasteiger partial charge < -0.3 is 21.7 Å². The second kappa shape index (κ2) is 11.6. The van der Waals surface area contributed by atoms with Crippen LogP contribution in [0.5, 0.6) is 0 Å². The Balaban J connectivity index is 2.12. The van der Waals surface area contributed by atoms with Crippen LogP contribution in [0.3, 0.4) is 0 Å². The zero-order valence-corrected chi connectivity index (χ0v) is 17.2. The normalized spacial score (nSPS) is 13.4. The van der Waals surface area contributed by atoms with Crippen LogP contribution in [0.15, 0.2) is 53.7 Å². The quantitative estimate of drug-likeness (QED) is 0.405. The molecule has 0 saturated heterocycles. The van der Waals surface area contributed by atoms with E-state index < -0.39 is 47.5 Å². The summed E-state index contributed by atoms with van der Waals surface area (Å²) in [6.07, 6.45) is 0. The van der Waals surface area contributed by atoms with Gasteiger partial charge in [0.25, 0.3) is 5.91 Å². The van der Waals surface area contributed by atoms with E-state index in [2.05, 4.69) is 21.1 Å². The third-order valence-electron chi connectivity index (χ3n) is 4.43. The van der Waals surface area contributed by atoms with E-state index in [-0.39, 0.29) is 18.7 Å². The molecule has 2 aromatic carbocycles. The highest BCUT2D eigenvalue weighted by atomic mass is 19.1. The molecule has 2 unspecified atom stereocenters. The van der Waals surface area contributed by atoms with Gasteiger partial charge in [-0.1, -0.05) is 35.5 Å². The van der Waals surface area contributed by atoms with Gasteiger partial charge in [0.1, 0.15) is 23.7 Å². The molecule has 0 saturated carbocycles. The lowest BCUT2D eigenvalue weighted by Gasteiger charge is -2.22.